The van der Waals surface area contributed by atoms with E-state index in [1.165, 1.54) is 6.92 Å². The normalized spacial score (nSPS) is 15.8. The van der Waals surface area contributed by atoms with Gasteiger partial charge in [0.1, 0.15) is 11.6 Å². The van der Waals surface area contributed by atoms with E-state index in [9.17, 15) is 9.59 Å². The number of unbranched alkanes of at least 4 members (excludes halogenated alkanes) is 1. The third-order valence-electron chi connectivity index (χ3n) is 2.86. The first-order valence-corrected chi connectivity index (χ1v) is 6.54. The maximum atomic E-state index is 11.8. The van der Waals surface area contributed by atoms with Crippen LogP contribution in [0.25, 0.3) is 0 Å². The second-order valence-electron chi connectivity index (χ2n) is 4.74. The average molecular weight is 259 g/mol. The van der Waals surface area contributed by atoms with E-state index in [1.54, 1.807) is 6.92 Å². The first kappa shape index (κ1) is 16.9. The quantitative estimate of drug-likeness (QED) is 0.621. The molecule has 2 atom stereocenters. The van der Waals surface area contributed by atoms with Crippen LogP contribution >= 0.6 is 0 Å². The summed E-state index contributed by atoms with van der Waals surface area (Å²) >= 11 is 0. The lowest BCUT2D eigenvalue weighted by Crippen LogP contribution is -2.54. The molecule has 2 unspecified atom stereocenters. The Morgan fingerprint density at radius 1 is 1.33 bits per heavy atom. The first-order valence-electron chi connectivity index (χ1n) is 6.54. The zero-order valence-corrected chi connectivity index (χ0v) is 11.8. The summed E-state index contributed by atoms with van der Waals surface area (Å²) in [5.74, 6) is -1.39. The van der Waals surface area contributed by atoms with Crippen LogP contribution in [0, 0.1) is 0 Å². The topological polar surface area (TPSA) is 75.6 Å². The molecule has 0 spiro atoms. The fraction of sp³-hybridized carbons (Fsp3) is 0.846. The van der Waals surface area contributed by atoms with Crippen molar-refractivity contribution in [1.82, 2.24) is 5.32 Å². The number of carboxylic acid groups (broad SMARTS) is 1. The number of hydrogen-bond donors (Lipinski definition) is 2. The molecule has 0 aromatic heterocycles. The van der Waals surface area contributed by atoms with Gasteiger partial charge in [0.25, 0.3) is 0 Å². The molecule has 106 valence electrons. The minimum Gasteiger partial charge on any atom is -0.480 e. The van der Waals surface area contributed by atoms with Gasteiger partial charge in [-0.15, -0.1) is 0 Å². The van der Waals surface area contributed by atoms with Crippen LogP contribution < -0.4 is 5.32 Å². The third-order valence-corrected chi connectivity index (χ3v) is 2.86. The third kappa shape index (κ3) is 5.49. The molecule has 5 heteroatoms. The number of carbonyl (C=O) groups is 2. The molecule has 0 aliphatic carbocycles. The summed E-state index contributed by atoms with van der Waals surface area (Å²) in [6, 6.07) is 0. The Hall–Kier alpha value is -1.10. The van der Waals surface area contributed by atoms with Crippen LogP contribution in [0.5, 0.6) is 0 Å². The van der Waals surface area contributed by atoms with E-state index in [0.717, 1.165) is 12.8 Å². The van der Waals surface area contributed by atoms with Crippen molar-refractivity contribution in [1.29, 1.82) is 0 Å². The maximum absolute atomic E-state index is 11.8. The van der Waals surface area contributed by atoms with Crippen molar-refractivity contribution in [2.75, 3.05) is 6.61 Å². The van der Waals surface area contributed by atoms with Gasteiger partial charge in [0.2, 0.25) is 5.91 Å². The molecule has 0 aliphatic heterocycles. The molecule has 18 heavy (non-hydrogen) atoms. The van der Waals surface area contributed by atoms with Gasteiger partial charge in [-0.25, -0.2) is 4.79 Å². The number of aliphatic carboxylic acids is 1. The fourth-order valence-electron chi connectivity index (χ4n) is 1.58. The first-order chi connectivity index (χ1) is 8.37. The second-order valence-corrected chi connectivity index (χ2v) is 4.74. The minimum absolute atomic E-state index is 0.371. The van der Waals surface area contributed by atoms with Crippen LogP contribution in [-0.4, -0.2) is 35.2 Å². The van der Waals surface area contributed by atoms with Gasteiger partial charge in [-0.2, -0.15) is 0 Å². The van der Waals surface area contributed by atoms with Crippen molar-refractivity contribution in [2.24, 2.45) is 0 Å². The highest BCUT2D eigenvalue weighted by Crippen LogP contribution is 2.13. The van der Waals surface area contributed by atoms with Gasteiger partial charge in [-0.05, 0) is 26.7 Å². The van der Waals surface area contributed by atoms with E-state index in [1.807, 2.05) is 13.8 Å². The summed E-state index contributed by atoms with van der Waals surface area (Å²) in [4.78, 5) is 23.0. The van der Waals surface area contributed by atoms with Crippen LogP contribution in [0.2, 0.25) is 0 Å². The van der Waals surface area contributed by atoms with Crippen molar-refractivity contribution in [3.63, 3.8) is 0 Å². The van der Waals surface area contributed by atoms with Crippen molar-refractivity contribution in [3.05, 3.63) is 0 Å². The minimum atomic E-state index is -1.21. The summed E-state index contributed by atoms with van der Waals surface area (Å²) in [7, 11) is 0. The highest BCUT2D eigenvalue weighted by molar-refractivity contribution is 5.88. The zero-order chi connectivity index (χ0) is 14.2. The lowest BCUT2D eigenvalue weighted by Gasteiger charge is -2.27. The van der Waals surface area contributed by atoms with Crippen molar-refractivity contribution in [2.45, 2.75) is 65.0 Å². The highest BCUT2D eigenvalue weighted by atomic mass is 16.5. The molecule has 0 radical (unpaired) electrons. The molecule has 5 nitrogen and oxygen atoms in total. The average Bonchev–Trinajstić information content (AvgIpc) is 2.29. The standard InChI is InChI=1S/C13H25NO4/c1-5-7-9-18-10(3)11(15)14-13(4,8-6-2)12(16)17/h10H,5-9H2,1-4H3,(H,14,15)(H,16,17). The molecule has 0 bridgehead atoms. The van der Waals surface area contributed by atoms with E-state index >= 15 is 0 Å². The number of ether oxygens (including phenoxy) is 1. The number of nitrogens with one attached hydrogen (secondary N) is 1. The molecular weight excluding hydrogens is 234 g/mol. The SMILES string of the molecule is CCCCOC(C)C(=O)NC(C)(CCC)C(=O)O. The van der Waals surface area contributed by atoms with Gasteiger partial charge in [-0.3, -0.25) is 4.79 Å². The molecule has 0 fully saturated rings. The molecule has 0 saturated carbocycles. The Morgan fingerprint density at radius 2 is 1.94 bits per heavy atom. The molecule has 0 rings (SSSR count). The molecule has 0 aliphatic rings. The Labute approximate surface area is 109 Å². The number of amides is 1. The van der Waals surface area contributed by atoms with Crippen molar-refractivity contribution < 1.29 is 19.4 Å². The fourth-order valence-corrected chi connectivity index (χ4v) is 1.58. The molecule has 2 N–H and O–H groups in total. The summed E-state index contributed by atoms with van der Waals surface area (Å²) < 4.78 is 5.34. The second kappa shape index (κ2) is 8.08. The molecular formula is C13H25NO4. The largest absolute Gasteiger partial charge is 0.480 e. The van der Waals surface area contributed by atoms with Crippen LogP contribution in [0.15, 0.2) is 0 Å². The maximum Gasteiger partial charge on any atom is 0.329 e. The molecule has 0 aromatic carbocycles. The Bertz CT molecular complexity index is 280. The lowest BCUT2D eigenvalue weighted by molar-refractivity contribution is -0.149. The smallest absolute Gasteiger partial charge is 0.329 e. The zero-order valence-electron chi connectivity index (χ0n) is 11.8. The summed E-state index contributed by atoms with van der Waals surface area (Å²) in [5, 5.41) is 11.7. The summed E-state index contributed by atoms with van der Waals surface area (Å²) in [6.07, 6.45) is 2.36. The van der Waals surface area contributed by atoms with E-state index in [4.69, 9.17) is 9.84 Å². The summed E-state index contributed by atoms with van der Waals surface area (Å²) in [6.45, 7) is 7.60. The molecule has 0 saturated heterocycles. The van der Waals surface area contributed by atoms with Crippen molar-refractivity contribution in [3.8, 4) is 0 Å². The number of rotatable bonds is 9. The van der Waals surface area contributed by atoms with Gasteiger partial charge >= 0.3 is 5.97 Å². The predicted molar refractivity (Wildman–Crippen MR) is 69.4 cm³/mol. The molecule has 0 heterocycles. The number of carboxylic acids is 1. The van der Waals surface area contributed by atoms with E-state index < -0.39 is 17.6 Å². The van der Waals surface area contributed by atoms with Crippen LogP contribution in [0.4, 0.5) is 0 Å². The van der Waals surface area contributed by atoms with Gasteiger partial charge in [0.05, 0.1) is 0 Å². The van der Waals surface area contributed by atoms with Crippen molar-refractivity contribution >= 4 is 11.9 Å². The van der Waals surface area contributed by atoms with E-state index in [2.05, 4.69) is 5.32 Å². The Kier molecular flexibility index (Phi) is 7.59. The van der Waals surface area contributed by atoms with Crippen LogP contribution in [0.1, 0.15) is 53.4 Å². The highest BCUT2D eigenvalue weighted by Gasteiger charge is 2.35. The molecule has 0 aromatic rings. The van der Waals surface area contributed by atoms with Gasteiger partial charge in [0, 0.05) is 6.61 Å². The van der Waals surface area contributed by atoms with Crippen LogP contribution in [0.3, 0.4) is 0 Å². The number of hydrogen-bond acceptors (Lipinski definition) is 3. The van der Waals surface area contributed by atoms with Crippen LogP contribution in [-0.2, 0) is 14.3 Å². The number of carbonyl (C=O) groups excluding carboxylic acids is 1. The Balaban J connectivity index is 4.37. The Morgan fingerprint density at radius 3 is 2.39 bits per heavy atom. The van der Waals surface area contributed by atoms with Gasteiger partial charge in [0.15, 0.2) is 0 Å². The van der Waals surface area contributed by atoms with E-state index in [-0.39, 0.29) is 5.91 Å². The van der Waals surface area contributed by atoms with E-state index in [0.29, 0.717) is 19.4 Å². The summed E-state index contributed by atoms with van der Waals surface area (Å²) in [5.41, 5.74) is -1.21. The van der Waals surface area contributed by atoms with Gasteiger partial charge < -0.3 is 15.2 Å². The predicted octanol–water partition coefficient (Wildman–Crippen LogP) is 1.95. The lowest BCUT2D eigenvalue weighted by atomic mass is 9.96. The monoisotopic (exact) mass is 259 g/mol. The molecule has 1 amide bonds. The van der Waals surface area contributed by atoms with Gasteiger partial charge in [-0.1, -0.05) is 26.7 Å².